The summed E-state index contributed by atoms with van der Waals surface area (Å²) in [5.41, 5.74) is 2.03. The van der Waals surface area contributed by atoms with E-state index in [1.807, 2.05) is 24.3 Å². The van der Waals surface area contributed by atoms with Crippen molar-refractivity contribution in [1.82, 2.24) is 24.4 Å². The zero-order chi connectivity index (χ0) is 26.1. The first-order valence-corrected chi connectivity index (χ1v) is 13.6. The summed E-state index contributed by atoms with van der Waals surface area (Å²) < 4.78 is 14.6. The minimum absolute atomic E-state index is 0.110. The molecule has 6 rings (SSSR count). The van der Waals surface area contributed by atoms with E-state index in [0.29, 0.717) is 28.7 Å². The number of imidazole rings is 1. The molecule has 1 atom stereocenters. The molecule has 2 fully saturated rings. The van der Waals surface area contributed by atoms with E-state index in [1.54, 1.807) is 29.3 Å². The van der Waals surface area contributed by atoms with Crippen LogP contribution in [0.2, 0.25) is 0 Å². The third-order valence-corrected chi connectivity index (χ3v) is 7.68. The van der Waals surface area contributed by atoms with Gasteiger partial charge in [0.25, 0.3) is 5.91 Å². The van der Waals surface area contributed by atoms with Crippen molar-refractivity contribution in [1.29, 1.82) is 0 Å². The van der Waals surface area contributed by atoms with Crippen LogP contribution < -0.4 is 26.0 Å². The molecule has 5 heterocycles. The number of anilines is 2. The number of hydrogen-bond donors (Lipinski definition) is 2. The van der Waals surface area contributed by atoms with E-state index in [0.717, 1.165) is 57.0 Å². The van der Waals surface area contributed by atoms with Gasteiger partial charge in [-0.15, -0.1) is 11.3 Å². The molecule has 38 heavy (non-hydrogen) atoms. The number of fused-ring (bicyclic) bond motifs is 1. The molecule has 2 N–H and O–H groups in total. The van der Waals surface area contributed by atoms with Gasteiger partial charge in [-0.1, -0.05) is 0 Å². The number of aromatic nitrogens is 4. The van der Waals surface area contributed by atoms with Crippen LogP contribution in [0.4, 0.5) is 11.5 Å². The van der Waals surface area contributed by atoms with Crippen LogP contribution in [0.15, 0.2) is 46.7 Å². The molecular weight excluding hydrogens is 506 g/mol. The molecular formula is C26H29N7O4S. The number of benzene rings is 1. The highest BCUT2D eigenvalue weighted by Gasteiger charge is 2.21. The average Bonchev–Trinajstić information content (AvgIpc) is 3.70. The highest BCUT2D eigenvalue weighted by molar-refractivity contribution is 7.12. The maximum atomic E-state index is 13.2. The van der Waals surface area contributed by atoms with Crippen molar-refractivity contribution < 1.29 is 14.3 Å². The fraction of sp³-hybridized carbons (Fsp3) is 0.385. The Hall–Kier alpha value is -3.74. The molecule has 2 aliphatic heterocycles. The Balaban J connectivity index is 1.23. The molecule has 2 aliphatic rings. The zero-order valence-corrected chi connectivity index (χ0v) is 21.9. The second-order valence-electron chi connectivity index (χ2n) is 9.35. The largest absolute Gasteiger partial charge is 0.491 e. The van der Waals surface area contributed by atoms with Crippen LogP contribution in [0.5, 0.6) is 5.75 Å². The minimum atomic E-state index is -0.352. The standard InChI is InChI=1S/C26H29N7O4S/c1-31-22-14-17(37-15-18-4-3-13-36-18)6-7-21(22)33(26(31)35)25-30-20(16-38-25)24(34)29-19-5-2-8-28-23(19)32-11-9-27-10-12-32/h2,5-8,14,16,18,27H,3-4,9-13,15H2,1H3,(H,29,34)/t18-/m1/s1. The summed E-state index contributed by atoms with van der Waals surface area (Å²) in [7, 11) is 1.71. The Kier molecular flexibility index (Phi) is 6.83. The number of nitrogens with one attached hydrogen (secondary N) is 2. The number of piperazine rings is 1. The van der Waals surface area contributed by atoms with E-state index >= 15 is 0 Å². The molecule has 0 spiro atoms. The Morgan fingerprint density at radius 2 is 2.13 bits per heavy atom. The lowest BCUT2D eigenvalue weighted by molar-refractivity contribution is 0.0680. The molecule has 1 amide bonds. The first-order valence-electron chi connectivity index (χ1n) is 12.7. The third kappa shape index (κ3) is 4.77. The lowest BCUT2D eigenvalue weighted by Crippen LogP contribution is -2.44. The van der Waals surface area contributed by atoms with Crippen molar-refractivity contribution >= 4 is 39.8 Å². The van der Waals surface area contributed by atoms with Gasteiger partial charge in [0.05, 0.1) is 22.8 Å². The van der Waals surface area contributed by atoms with Gasteiger partial charge in [-0.2, -0.15) is 0 Å². The summed E-state index contributed by atoms with van der Waals surface area (Å²) in [6, 6.07) is 9.17. The van der Waals surface area contributed by atoms with Crippen molar-refractivity contribution in [2.75, 3.05) is 49.6 Å². The van der Waals surface area contributed by atoms with Crippen molar-refractivity contribution in [3.63, 3.8) is 0 Å². The highest BCUT2D eigenvalue weighted by Crippen LogP contribution is 2.27. The van der Waals surface area contributed by atoms with Gasteiger partial charge in [0.15, 0.2) is 10.9 Å². The van der Waals surface area contributed by atoms with Crippen molar-refractivity contribution in [2.24, 2.45) is 7.05 Å². The molecule has 0 unspecified atom stereocenters. The van der Waals surface area contributed by atoms with Gasteiger partial charge in [0.2, 0.25) is 0 Å². The SMILES string of the molecule is Cn1c(=O)n(-c2nc(C(=O)Nc3cccnc3N3CCNCC3)cs2)c2ccc(OC[C@H]3CCCO3)cc21. The number of nitrogens with zero attached hydrogens (tertiary/aromatic N) is 5. The van der Waals surface area contributed by atoms with Gasteiger partial charge in [-0.05, 0) is 37.1 Å². The Morgan fingerprint density at radius 3 is 2.95 bits per heavy atom. The monoisotopic (exact) mass is 535 g/mol. The van der Waals surface area contributed by atoms with E-state index in [-0.39, 0.29) is 23.4 Å². The van der Waals surface area contributed by atoms with Crippen molar-refractivity contribution in [3.05, 3.63) is 58.1 Å². The minimum Gasteiger partial charge on any atom is -0.491 e. The number of thiazole rings is 1. The zero-order valence-electron chi connectivity index (χ0n) is 21.1. The summed E-state index contributed by atoms with van der Waals surface area (Å²) in [6.07, 6.45) is 3.88. The summed E-state index contributed by atoms with van der Waals surface area (Å²) >= 11 is 1.24. The van der Waals surface area contributed by atoms with Crippen LogP contribution in [-0.2, 0) is 11.8 Å². The summed E-state index contributed by atoms with van der Waals surface area (Å²) in [4.78, 5) is 37.5. The number of ether oxygens (including phenoxy) is 2. The number of aryl methyl sites for hydroxylation is 1. The Morgan fingerprint density at radius 1 is 1.26 bits per heavy atom. The van der Waals surface area contributed by atoms with Crippen LogP contribution >= 0.6 is 11.3 Å². The predicted octanol–water partition coefficient (Wildman–Crippen LogP) is 2.40. The van der Waals surface area contributed by atoms with Crippen LogP contribution in [0, 0.1) is 0 Å². The number of carbonyl (C=O) groups excluding carboxylic acids is 1. The van der Waals surface area contributed by atoms with Gasteiger partial charge < -0.3 is 25.0 Å². The predicted molar refractivity (Wildman–Crippen MR) is 146 cm³/mol. The molecule has 0 aliphatic carbocycles. The molecule has 0 saturated carbocycles. The van der Waals surface area contributed by atoms with Crippen molar-refractivity contribution in [2.45, 2.75) is 18.9 Å². The van der Waals surface area contributed by atoms with Gasteiger partial charge in [-0.25, -0.2) is 19.3 Å². The maximum Gasteiger partial charge on any atom is 0.335 e. The second kappa shape index (κ2) is 10.6. The first kappa shape index (κ1) is 24.6. The Labute approximate surface area is 223 Å². The van der Waals surface area contributed by atoms with Gasteiger partial charge >= 0.3 is 5.69 Å². The molecule has 12 heteroatoms. The second-order valence-corrected chi connectivity index (χ2v) is 10.2. The molecule has 11 nitrogen and oxygen atoms in total. The smallest absolute Gasteiger partial charge is 0.335 e. The molecule has 0 bridgehead atoms. The van der Waals surface area contributed by atoms with Gasteiger partial charge in [0.1, 0.15) is 18.1 Å². The Bertz CT molecular complexity index is 1520. The van der Waals surface area contributed by atoms with Gasteiger partial charge in [0, 0.05) is 57.5 Å². The number of pyridine rings is 1. The lowest BCUT2D eigenvalue weighted by atomic mass is 10.2. The lowest BCUT2D eigenvalue weighted by Gasteiger charge is -2.29. The van der Waals surface area contributed by atoms with Crippen molar-refractivity contribution in [3.8, 4) is 10.9 Å². The van der Waals surface area contributed by atoms with E-state index < -0.39 is 0 Å². The molecule has 3 aromatic heterocycles. The summed E-state index contributed by atoms with van der Waals surface area (Å²) in [5.74, 6) is 1.06. The van der Waals surface area contributed by atoms with E-state index in [1.165, 1.54) is 15.9 Å². The number of amides is 1. The van der Waals surface area contributed by atoms with E-state index in [9.17, 15) is 9.59 Å². The normalized spacial score (nSPS) is 17.7. The fourth-order valence-corrected chi connectivity index (χ4v) is 5.65. The third-order valence-electron chi connectivity index (χ3n) is 6.85. The van der Waals surface area contributed by atoms with E-state index in [2.05, 4.69) is 25.5 Å². The van der Waals surface area contributed by atoms with Crippen LogP contribution in [0.3, 0.4) is 0 Å². The van der Waals surface area contributed by atoms with Gasteiger partial charge in [-0.3, -0.25) is 9.36 Å². The maximum absolute atomic E-state index is 13.2. The highest BCUT2D eigenvalue weighted by atomic mass is 32.1. The molecule has 198 valence electrons. The van der Waals surface area contributed by atoms with Crippen LogP contribution in [0.1, 0.15) is 23.3 Å². The quantitative estimate of drug-likeness (QED) is 0.371. The number of hydrogen-bond acceptors (Lipinski definition) is 9. The van der Waals surface area contributed by atoms with E-state index in [4.69, 9.17) is 9.47 Å². The molecule has 4 aromatic rings. The summed E-state index contributed by atoms with van der Waals surface area (Å²) in [6.45, 7) is 4.61. The molecule has 0 radical (unpaired) electrons. The number of carbonyl (C=O) groups is 1. The van der Waals surface area contributed by atoms with Crippen LogP contribution in [-0.4, -0.2) is 70.5 Å². The number of rotatable bonds is 7. The van der Waals surface area contributed by atoms with Crippen LogP contribution in [0.25, 0.3) is 16.2 Å². The fourth-order valence-electron chi connectivity index (χ4n) is 4.84. The summed E-state index contributed by atoms with van der Waals surface area (Å²) in [5, 5.41) is 8.36. The molecule has 1 aromatic carbocycles. The molecule has 2 saturated heterocycles. The average molecular weight is 536 g/mol. The topological polar surface area (TPSA) is 116 Å². The first-order chi connectivity index (χ1) is 18.6.